The molecule has 1 heterocycles. The highest BCUT2D eigenvalue weighted by Gasteiger charge is 2.28. The second-order valence-corrected chi connectivity index (χ2v) is 7.98. The number of ether oxygens (including phenoxy) is 2. The molecule has 2 aromatic carbocycles. The molecule has 2 aromatic rings. The lowest BCUT2D eigenvalue weighted by Gasteiger charge is -2.29. The number of allylic oxidation sites excluding steroid dienone is 1. The first-order valence-electron chi connectivity index (χ1n) is 10.7. The van der Waals surface area contributed by atoms with Crippen LogP contribution >= 0.6 is 0 Å². The lowest BCUT2D eigenvalue weighted by atomic mass is 9.97. The Bertz CT molecular complexity index is 1070. The molecule has 0 spiro atoms. The lowest BCUT2D eigenvalue weighted by molar-refractivity contribution is -0.128. The Labute approximate surface area is 189 Å². The third-order valence-electron chi connectivity index (χ3n) is 5.26. The minimum absolute atomic E-state index is 0.193. The van der Waals surface area contributed by atoms with Crippen molar-refractivity contribution in [2.45, 2.75) is 33.3 Å². The normalized spacial score (nSPS) is 13.9. The van der Waals surface area contributed by atoms with Crippen LogP contribution in [0.3, 0.4) is 0 Å². The predicted octanol–water partition coefficient (Wildman–Crippen LogP) is 5.70. The van der Waals surface area contributed by atoms with E-state index in [0.717, 1.165) is 30.4 Å². The van der Waals surface area contributed by atoms with Gasteiger partial charge in [-0.15, -0.1) is 0 Å². The number of nitrogens with zero attached hydrogens (tertiary/aromatic N) is 1. The molecule has 0 atom stereocenters. The van der Waals surface area contributed by atoms with Gasteiger partial charge in [0.1, 0.15) is 17.1 Å². The van der Waals surface area contributed by atoms with Crippen molar-refractivity contribution in [3.63, 3.8) is 0 Å². The van der Waals surface area contributed by atoms with Crippen molar-refractivity contribution in [2.24, 2.45) is 0 Å². The number of fused-ring (bicyclic) bond motifs is 1. The van der Waals surface area contributed by atoms with E-state index in [9.17, 15) is 9.59 Å². The molecule has 0 N–H and O–H groups in total. The summed E-state index contributed by atoms with van der Waals surface area (Å²) in [6.45, 7) is 13.4. The van der Waals surface area contributed by atoms with Gasteiger partial charge in [0.15, 0.2) is 5.78 Å². The van der Waals surface area contributed by atoms with Crippen molar-refractivity contribution in [3.8, 4) is 11.5 Å². The van der Waals surface area contributed by atoms with Gasteiger partial charge in [-0.2, -0.15) is 0 Å². The van der Waals surface area contributed by atoms with E-state index in [-0.39, 0.29) is 5.78 Å². The molecule has 1 aliphatic heterocycles. The topological polar surface area (TPSA) is 55.8 Å². The van der Waals surface area contributed by atoms with Gasteiger partial charge in [0.2, 0.25) is 0 Å². The maximum absolute atomic E-state index is 13.0. The number of esters is 1. The second kappa shape index (κ2) is 9.69. The fourth-order valence-electron chi connectivity index (χ4n) is 3.51. The zero-order valence-electron chi connectivity index (χ0n) is 19.1. The Balaban J connectivity index is 1.89. The van der Waals surface area contributed by atoms with Crippen LogP contribution in [-0.4, -0.2) is 30.4 Å². The summed E-state index contributed by atoms with van der Waals surface area (Å²) in [6, 6.07) is 11.3. The van der Waals surface area contributed by atoms with Crippen molar-refractivity contribution in [1.29, 1.82) is 0 Å². The molecular weight excluding hydrogens is 402 g/mol. The van der Waals surface area contributed by atoms with E-state index in [1.54, 1.807) is 18.2 Å². The molecule has 1 aliphatic rings. The maximum atomic E-state index is 13.0. The van der Waals surface area contributed by atoms with E-state index < -0.39 is 11.6 Å². The van der Waals surface area contributed by atoms with Gasteiger partial charge in [-0.25, -0.2) is 4.79 Å². The molecule has 0 bridgehead atoms. The Morgan fingerprint density at radius 1 is 1.09 bits per heavy atom. The Kier molecular flexibility index (Phi) is 6.98. The van der Waals surface area contributed by atoms with Gasteiger partial charge in [-0.3, -0.25) is 4.79 Å². The lowest BCUT2D eigenvalue weighted by Crippen LogP contribution is -2.28. The largest absolute Gasteiger partial charge is 0.482 e. The predicted molar refractivity (Wildman–Crippen MR) is 129 cm³/mol. The molecule has 0 fully saturated rings. The summed E-state index contributed by atoms with van der Waals surface area (Å²) in [7, 11) is 0. The Morgan fingerprint density at radius 3 is 2.41 bits per heavy atom. The van der Waals surface area contributed by atoms with Gasteiger partial charge in [-0.1, -0.05) is 24.8 Å². The summed E-state index contributed by atoms with van der Waals surface area (Å²) in [4.78, 5) is 27.0. The van der Waals surface area contributed by atoms with Crippen molar-refractivity contribution >= 4 is 29.6 Å². The summed E-state index contributed by atoms with van der Waals surface area (Å²) < 4.78 is 11.4. The average molecular weight is 432 g/mol. The Morgan fingerprint density at radius 2 is 1.78 bits per heavy atom. The molecule has 5 heteroatoms. The van der Waals surface area contributed by atoms with Gasteiger partial charge >= 0.3 is 5.97 Å². The SMILES string of the molecule is C=CC(=O)Oc1ccc(C(=O)/C=C/c2ccc(N(CC)CC)cc2)c2c1C=CC(C)(C)O2. The van der Waals surface area contributed by atoms with E-state index >= 15 is 0 Å². The number of rotatable bonds is 8. The van der Waals surface area contributed by atoms with Crippen LogP contribution in [0.5, 0.6) is 11.5 Å². The first-order chi connectivity index (χ1) is 15.3. The summed E-state index contributed by atoms with van der Waals surface area (Å²) >= 11 is 0. The number of hydrogen-bond donors (Lipinski definition) is 0. The van der Waals surface area contributed by atoms with Crippen molar-refractivity contribution in [3.05, 3.63) is 77.9 Å². The van der Waals surface area contributed by atoms with Crippen LogP contribution < -0.4 is 14.4 Å². The fraction of sp³-hybridized carbons (Fsp3) is 0.259. The molecule has 32 heavy (non-hydrogen) atoms. The highest BCUT2D eigenvalue weighted by atomic mass is 16.5. The van der Waals surface area contributed by atoms with E-state index in [0.29, 0.717) is 22.6 Å². The van der Waals surface area contributed by atoms with Gasteiger partial charge < -0.3 is 14.4 Å². The summed E-state index contributed by atoms with van der Waals surface area (Å²) in [5.41, 5.74) is 2.46. The number of hydrogen-bond acceptors (Lipinski definition) is 5. The molecule has 0 amide bonds. The van der Waals surface area contributed by atoms with Gasteiger partial charge in [0, 0.05) is 24.9 Å². The van der Waals surface area contributed by atoms with Crippen molar-refractivity contribution in [1.82, 2.24) is 0 Å². The molecule has 0 saturated carbocycles. The van der Waals surface area contributed by atoms with E-state index in [2.05, 4.69) is 37.5 Å². The summed E-state index contributed by atoms with van der Waals surface area (Å²) in [5.74, 6) is -0.0399. The number of carbonyl (C=O) groups excluding carboxylic acids is 2. The summed E-state index contributed by atoms with van der Waals surface area (Å²) in [5, 5.41) is 0. The van der Waals surface area contributed by atoms with E-state index in [1.165, 1.54) is 6.08 Å². The van der Waals surface area contributed by atoms with Gasteiger partial charge in [-0.05, 0) is 75.8 Å². The zero-order chi connectivity index (χ0) is 23.3. The second-order valence-electron chi connectivity index (χ2n) is 7.98. The van der Waals surface area contributed by atoms with Crippen LogP contribution in [-0.2, 0) is 4.79 Å². The Hall–Kier alpha value is -3.60. The highest BCUT2D eigenvalue weighted by Crippen LogP contribution is 2.40. The number of carbonyl (C=O) groups is 2. The highest BCUT2D eigenvalue weighted by molar-refractivity contribution is 6.09. The molecule has 0 aliphatic carbocycles. The molecule has 166 valence electrons. The van der Waals surface area contributed by atoms with Crippen LogP contribution in [0, 0.1) is 0 Å². The van der Waals surface area contributed by atoms with Crippen LogP contribution in [0.1, 0.15) is 49.2 Å². The van der Waals surface area contributed by atoms with Crippen LogP contribution in [0.25, 0.3) is 12.2 Å². The van der Waals surface area contributed by atoms with Crippen LogP contribution in [0.15, 0.2) is 61.2 Å². The van der Waals surface area contributed by atoms with Gasteiger partial charge in [0.05, 0.1) is 11.1 Å². The van der Waals surface area contributed by atoms with Crippen LogP contribution in [0.2, 0.25) is 0 Å². The molecule has 5 nitrogen and oxygen atoms in total. The van der Waals surface area contributed by atoms with Gasteiger partial charge in [0.25, 0.3) is 0 Å². The molecule has 3 rings (SSSR count). The standard InChI is InChI=1S/C27H29NO4/c1-6-25(30)31-24-16-14-21(26-22(24)17-18-27(4,5)32-26)23(29)15-11-19-9-12-20(13-10-19)28(7-2)8-3/h6,9-18H,1,7-8H2,2-5H3/b15-11+. The van der Waals surface area contributed by atoms with Crippen molar-refractivity contribution < 1.29 is 19.1 Å². The fourth-order valence-corrected chi connectivity index (χ4v) is 3.51. The molecule has 0 unspecified atom stereocenters. The minimum atomic E-state index is -0.590. The number of benzene rings is 2. The monoisotopic (exact) mass is 431 g/mol. The molecule has 0 saturated heterocycles. The molecule has 0 aromatic heterocycles. The molecule has 0 radical (unpaired) electrons. The number of anilines is 1. The van der Waals surface area contributed by atoms with E-state index in [1.807, 2.05) is 38.1 Å². The smallest absolute Gasteiger partial charge is 0.335 e. The quantitative estimate of drug-likeness (QED) is 0.232. The average Bonchev–Trinajstić information content (AvgIpc) is 2.78. The van der Waals surface area contributed by atoms with Crippen molar-refractivity contribution in [2.75, 3.05) is 18.0 Å². The van der Waals surface area contributed by atoms with Crippen LogP contribution in [0.4, 0.5) is 5.69 Å². The van der Waals surface area contributed by atoms with E-state index in [4.69, 9.17) is 9.47 Å². The zero-order valence-corrected chi connectivity index (χ0v) is 19.1. The first-order valence-corrected chi connectivity index (χ1v) is 10.7. The molecular formula is C27H29NO4. The third-order valence-corrected chi connectivity index (χ3v) is 5.26. The summed E-state index contributed by atoms with van der Waals surface area (Å²) in [6.07, 6.45) is 8.10. The third kappa shape index (κ3) is 5.17. The minimum Gasteiger partial charge on any atom is -0.482 e. The first kappa shape index (κ1) is 23.1. The number of ketones is 1. The maximum Gasteiger partial charge on any atom is 0.335 e.